The Balaban J connectivity index is 0.0000000990. The van der Waals surface area contributed by atoms with Gasteiger partial charge >= 0.3 is 12.1 Å². The summed E-state index contributed by atoms with van der Waals surface area (Å²) in [7, 11) is 0. The zero-order valence-electron chi connectivity index (χ0n) is 63.7. The number of benzene rings is 13. The van der Waals surface area contributed by atoms with E-state index in [-0.39, 0.29) is 24.4 Å². The molecule has 578 valence electrons. The van der Waals surface area contributed by atoms with Crippen LogP contribution in [0.2, 0.25) is 0 Å². The Labute approximate surface area is 709 Å². The largest absolute Gasteiger partial charge is 0.478 e. The van der Waals surface area contributed by atoms with Crippen molar-refractivity contribution in [3.05, 3.63) is 374 Å². The number of amides is 1. The highest BCUT2D eigenvalue weighted by molar-refractivity contribution is 14.1. The first-order valence-corrected chi connectivity index (χ1v) is 41.0. The van der Waals surface area contributed by atoms with Gasteiger partial charge < -0.3 is 20.7 Å². The van der Waals surface area contributed by atoms with Crippen molar-refractivity contribution in [2.75, 3.05) is 11.1 Å². The zero-order chi connectivity index (χ0) is 81.2. The number of ether oxygens (including phenoxy) is 1. The van der Waals surface area contributed by atoms with Crippen LogP contribution in [0.1, 0.15) is 93.0 Å². The molecule has 5 aliphatic rings. The quantitative estimate of drug-likeness (QED) is 0.0590. The van der Waals surface area contributed by atoms with Gasteiger partial charge in [0.25, 0.3) is 0 Å². The maximum absolute atomic E-state index is 13.1. The van der Waals surface area contributed by atoms with Crippen LogP contribution >= 0.6 is 45.2 Å². The van der Waals surface area contributed by atoms with Crippen LogP contribution in [0.3, 0.4) is 0 Å². The summed E-state index contributed by atoms with van der Waals surface area (Å²) in [6.45, 7) is 0.237. The number of nitrogens with one attached hydrogen (secondary N) is 5. The minimum absolute atomic E-state index is 0.00815. The van der Waals surface area contributed by atoms with Crippen LogP contribution in [-0.4, -0.2) is 68.8 Å². The molecule has 0 spiro atoms. The van der Waals surface area contributed by atoms with Crippen molar-refractivity contribution in [2.24, 2.45) is 0 Å². The average molecular weight is 1780 g/mol. The topological polar surface area (TPSA) is 271 Å². The number of carboxylic acids is 1. The van der Waals surface area contributed by atoms with E-state index in [1.165, 1.54) is 44.2 Å². The smallest absolute Gasteiger partial charge is 0.411 e. The molecule has 0 saturated heterocycles. The molecular weight excluding hydrogens is 1710 g/mol. The molecule has 17 nitrogen and oxygen atoms in total. The van der Waals surface area contributed by atoms with E-state index < -0.39 is 12.1 Å². The highest BCUT2D eigenvalue weighted by Crippen LogP contribution is 2.42. The SMILES string of the molecule is C1=Cc2cccc3[nH]nc(c23)-c2ccccc21.Nc1cccc2c1CCc1cccc3[nH]nc-2c13.O=C(Nc1cccc2c1CCc1cccc(I)c1C2=O)OCc1ccccc1.O=C(O)c1cccc2c1C=Cc1cccc3[nH]nc-2c13.O=c1c2ccccc2ccc2cccc(I)c12.OCc1ccc2[nH]nc3c2c1C=Cc1ccccc1-3. The molecule has 0 aliphatic heterocycles. The maximum atomic E-state index is 13.1. The number of aromatic amines is 4. The first-order valence-electron chi connectivity index (χ1n) is 38.8. The highest BCUT2D eigenvalue weighted by Gasteiger charge is 2.28. The van der Waals surface area contributed by atoms with Gasteiger partial charge in [-0.05, 0) is 203 Å². The minimum atomic E-state index is -0.927. The third-order valence-corrected chi connectivity index (χ3v) is 23.9. The number of aliphatic hydroxyl groups excluding tert-OH is 1. The predicted molar refractivity (Wildman–Crippen MR) is 495 cm³/mol. The first kappa shape index (κ1) is 76.3. The molecule has 0 atom stereocenters. The van der Waals surface area contributed by atoms with Crippen molar-refractivity contribution in [1.82, 2.24) is 40.8 Å². The molecule has 0 saturated carbocycles. The lowest BCUT2D eigenvalue weighted by atomic mass is 9.98. The normalized spacial score (nSPS) is 12.3. The molecule has 0 fully saturated rings. The van der Waals surface area contributed by atoms with Crippen molar-refractivity contribution < 1.29 is 29.3 Å². The Morgan fingerprint density at radius 1 is 0.420 bits per heavy atom. The van der Waals surface area contributed by atoms with Crippen LogP contribution in [0, 0.1) is 7.14 Å². The van der Waals surface area contributed by atoms with E-state index in [0.717, 1.165) is 165 Å². The molecule has 9 N–H and O–H groups in total. The number of aromatic carboxylic acids is 1. The van der Waals surface area contributed by atoms with Crippen molar-refractivity contribution in [2.45, 2.75) is 38.9 Å². The van der Waals surface area contributed by atoms with Gasteiger partial charge in [-0.2, -0.15) is 20.4 Å². The van der Waals surface area contributed by atoms with Gasteiger partial charge in [-0.3, -0.25) is 35.3 Å². The number of nitrogens with two attached hydrogens (primary N) is 1. The van der Waals surface area contributed by atoms with Crippen molar-refractivity contribution in [3.8, 4) is 45.0 Å². The van der Waals surface area contributed by atoms with Gasteiger partial charge in [-0.15, -0.1) is 0 Å². The summed E-state index contributed by atoms with van der Waals surface area (Å²) in [4.78, 5) is 49.3. The monoisotopic (exact) mass is 1780 g/mol. The molecular formula is C100H72I2N10O7. The van der Waals surface area contributed by atoms with Crippen molar-refractivity contribution in [1.29, 1.82) is 0 Å². The van der Waals surface area contributed by atoms with Gasteiger partial charge in [0, 0.05) is 84.2 Å². The van der Waals surface area contributed by atoms with Crippen LogP contribution in [0.5, 0.6) is 0 Å². The second-order valence-corrected chi connectivity index (χ2v) is 31.4. The van der Waals surface area contributed by atoms with E-state index in [9.17, 15) is 29.4 Å². The minimum Gasteiger partial charge on any atom is -0.478 e. The fourth-order valence-electron chi connectivity index (χ4n) is 16.4. The number of carboxylic acid groups (broad SMARTS) is 1. The Morgan fingerprint density at radius 3 is 1.66 bits per heavy atom. The van der Waals surface area contributed by atoms with Crippen LogP contribution in [0.4, 0.5) is 16.2 Å². The number of halogens is 2. The number of nitrogen functional groups attached to an aromatic ring is 1. The molecule has 23 rings (SSSR count). The summed E-state index contributed by atoms with van der Waals surface area (Å²) in [6, 6.07) is 89.0. The Bertz CT molecular complexity index is 7260. The van der Waals surface area contributed by atoms with Gasteiger partial charge in [0.15, 0.2) is 11.2 Å². The second-order valence-electron chi connectivity index (χ2n) is 29.1. The summed E-state index contributed by atoms with van der Waals surface area (Å²) in [6.07, 6.45) is 15.2. The lowest BCUT2D eigenvalue weighted by molar-refractivity contribution is 0.0696. The van der Waals surface area contributed by atoms with Gasteiger partial charge in [-0.1, -0.05) is 255 Å². The van der Waals surface area contributed by atoms with Crippen LogP contribution in [0.15, 0.2) is 278 Å². The van der Waals surface area contributed by atoms with E-state index in [4.69, 9.17) is 10.5 Å². The van der Waals surface area contributed by atoms with Gasteiger partial charge in [0.2, 0.25) is 0 Å². The maximum Gasteiger partial charge on any atom is 0.411 e. The summed E-state index contributed by atoms with van der Waals surface area (Å²) in [5, 5.41) is 59.9. The van der Waals surface area contributed by atoms with Gasteiger partial charge in [-0.25, -0.2) is 9.59 Å². The summed E-state index contributed by atoms with van der Waals surface area (Å²) in [5.41, 5.74) is 34.5. The fourth-order valence-corrected chi connectivity index (χ4v) is 18.0. The van der Waals surface area contributed by atoms with E-state index >= 15 is 0 Å². The number of aromatic nitrogens is 8. The van der Waals surface area contributed by atoms with Crippen LogP contribution in [0.25, 0.3) is 147 Å². The predicted octanol–water partition coefficient (Wildman–Crippen LogP) is 22.6. The molecule has 5 aliphatic carbocycles. The molecule has 0 radical (unpaired) electrons. The third-order valence-electron chi connectivity index (χ3n) is 22.1. The summed E-state index contributed by atoms with van der Waals surface area (Å²) in [5.74, 6) is -0.918. The highest BCUT2D eigenvalue weighted by atomic mass is 127. The van der Waals surface area contributed by atoms with Crippen LogP contribution in [-0.2, 0) is 43.6 Å². The number of H-pyrrole nitrogens is 4. The standard InChI is InChI=1S/C23H18INO3.C16H10N2O2.C16H12N2O.C15H9IO.C15H13N3.C15H10N2/c24-19-10-4-8-16-12-13-17-18(22(26)21(16)19)9-5-11-20(17)25-23(27)28-14-15-6-2-1-3-7-15;19-16(20)12-5-2-4-11-10(12)8-7-9-3-1-6-13-14(9)15(11)18-17-13;19-9-11-6-8-14-15-12(11)7-5-10-3-1-2-4-13(10)16(15)18-17-14;16-13-7-3-5-11-9-8-10-4-1-2-6-12(10)15(17)14(11)13;16-12-5-2-4-11-10(12)8-7-9-3-1-6-13-14(9)15(11)18-17-13;1-2-6-12-10(4-1)8-9-11-5-3-7-13-14(11)15(12)17-16-13/h1-11H,12-14H2,(H,25,27);1-8H,(H,17,18)(H,19,20);1-8,19H,9H2,(H,17,18);1-9H;1-6H,7-8,16H2,(H,17,18);1-9H,(H,16,17). The number of carbonyl (C=O) groups is 3. The Morgan fingerprint density at radius 2 is 0.924 bits per heavy atom. The van der Waals surface area contributed by atoms with Gasteiger partial charge in [0.1, 0.15) is 29.4 Å². The molecule has 1 amide bonds. The number of aryl methyl sites for hydroxylation is 2. The van der Waals surface area contributed by atoms with Crippen LogP contribution < -0.4 is 16.5 Å². The Hall–Kier alpha value is -14.0. The van der Waals surface area contributed by atoms with E-state index in [2.05, 4.69) is 194 Å². The first-order chi connectivity index (χ1) is 58.3. The number of nitrogens with zero attached hydrogens (tertiary/aromatic N) is 4. The molecule has 14 aromatic carbocycles. The van der Waals surface area contributed by atoms with Crippen molar-refractivity contribution >= 4 is 176 Å². The number of fused-ring (bicyclic) bond motifs is 12. The number of hydrogen-bond acceptors (Lipinski definition) is 11. The molecule has 0 bridgehead atoms. The molecule has 0 unspecified atom stereocenters. The number of ketones is 1. The number of hydrogen-bond donors (Lipinski definition) is 8. The molecule has 119 heavy (non-hydrogen) atoms. The lowest BCUT2D eigenvalue weighted by Gasteiger charge is -2.13. The molecule has 19 heteroatoms. The van der Waals surface area contributed by atoms with E-state index in [1.54, 1.807) is 18.2 Å². The third kappa shape index (κ3) is 15.0. The zero-order valence-corrected chi connectivity index (χ0v) is 68.1. The molecule has 4 aromatic heterocycles. The van der Waals surface area contributed by atoms with E-state index in [1.807, 2.05) is 188 Å². The summed E-state index contributed by atoms with van der Waals surface area (Å²) < 4.78 is 7.28. The Kier molecular flexibility index (Phi) is 21.4. The number of carbonyl (C=O) groups excluding carboxylic acids is 2. The summed E-state index contributed by atoms with van der Waals surface area (Å²) >= 11 is 4.43. The van der Waals surface area contributed by atoms with E-state index in [0.29, 0.717) is 28.8 Å². The molecule has 18 aromatic rings. The average Bonchev–Trinajstić information content (AvgIpc) is 1.62. The number of rotatable bonds is 5. The lowest BCUT2D eigenvalue weighted by Crippen LogP contribution is -2.16. The number of aliphatic hydroxyl groups is 1. The number of anilines is 2. The second kappa shape index (κ2) is 33.3. The van der Waals surface area contributed by atoms with Crippen molar-refractivity contribution in [3.63, 3.8) is 0 Å². The van der Waals surface area contributed by atoms with Gasteiger partial charge in [0.05, 0.1) is 34.2 Å². The molecule has 4 heterocycles. The fraction of sp³-hybridized carbons (Fsp3) is 0.0600.